The molecule has 0 aliphatic carbocycles. The Morgan fingerprint density at radius 2 is 2.26 bits per heavy atom. The molecular weight excluding hydrogens is 348 g/mol. The minimum Gasteiger partial charge on any atom is -0.358 e. The number of nitrogens with zero attached hydrogens (tertiary/aromatic N) is 1. The van der Waals surface area contributed by atoms with Crippen LogP contribution in [0.5, 0.6) is 0 Å². The van der Waals surface area contributed by atoms with Crippen molar-refractivity contribution >= 4 is 52.5 Å². The molecule has 19 heavy (non-hydrogen) atoms. The van der Waals surface area contributed by atoms with Crippen LogP contribution in [0.25, 0.3) is 10.2 Å². The maximum absolute atomic E-state index is 11.6. The predicted molar refractivity (Wildman–Crippen MR) is 82.6 cm³/mol. The van der Waals surface area contributed by atoms with Crippen molar-refractivity contribution < 1.29 is 8.42 Å². The first-order valence-electron chi connectivity index (χ1n) is 6.05. The number of rotatable bonds is 2. The lowest BCUT2D eigenvalue weighted by Gasteiger charge is -2.22. The van der Waals surface area contributed by atoms with Crippen molar-refractivity contribution in [3.63, 3.8) is 0 Å². The maximum atomic E-state index is 11.6. The third-order valence-corrected chi connectivity index (χ3v) is 6.42. The highest BCUT2D eigenvalue weighted by Crippen LogP contribution is 2.29. The molecule has 1 saturated heterocycles. The fourth-order valence-corrected chi connectivity index (χ4v) is 5.18. The van der Waals surface area contributed by atoms with E-state index in [2.05, 4.69) is 26.2 Å². The number of halogens is 1. The van der Waals surface area contributed by atoms with Crippen molar-refractivity contribution in [2.24, 2.45) is 0 Å². The van der Waals surface area contributed by atoms with Gasteiger partial charge < -0.3 is 5.32 Å². The summed E-state index contributed by atoms with van der Waals surface area (Å²) in [5.74, 6) is 0.532. The van der Waals surface area contributed by atoms with E-state index in [1.165, 1.54) is 0 Å². The number of aromatic nitrogens is 1. The number of anilines is 1. The van der Waals surface area contributed by atoms with Gasteiger partial charge in [0.15, 0.2) is 15.0 Å². The van der Waals surface area contributed by atoms with Crippen LogP contribution in [0.2, 0.25) is 0 Å². The van der Waals surface area contributed by atoms with E-state index >= 15 is 0 Å². The van der Waals surface area contributed by atoms with Crippen molar-refractivity contribution in [1.29, 1.82) is 0 Å². The summed E-state index contributed by atoms with van der Waals surface area (Å²) in [6, 6.07) is 5.95. The molecule has 102 valence electrons. The van der Waals surface area contributed by atoms with Gasteiger partial charge >= 0.3 is 0 Å². The van der Waals surface area contributed by atoms with E-state index < -0.39 is 9.84 Å². The number of hydrogen-bond donors (Lipinski definition) is 1. The van der Waals surface area contributed by atoms with Gasteiger partial charge in [-0.15, -0.1) is 0 Å². The molecule has 1 fully saturated rings. The van der Waals surface area contributed by atoms with Gasteiger partial charge in [0, 0.05) is 10.5 Å². The van der Waals surface area contributed by atoms with Crippen LogP contribution in [0.15, 0.2) is 22.7 Å². The van der Waals surface area contributed by atoms with Gasteiger partial charge in [0.1, 0.15) is 0 Å². The molecule has 0 amide bonds. The molecule has 7 heteroatoms. The van der Waals surface area contributed by atoms with Gasteiger partial charge in [0.05, 0.1) is 21.7 Å². The second-order valence-corrected chi connectivity index (χ2v) is 8.90. The monoisotopic (exact) mass is 360 g/mol. The fourth-order valence-electron chi connectivity index (χ4n) is 2.27. The van der Waals surface area contributed by atoms with Crippen molar-refractivity contribution in [2.75, 3.05) is 16.8 Å². The highest BCUT2D eigenvalue weighted by Gasteiger charge is 2.25. The zero-order valence-corrected chi connectivity index (χ0v) is 13.3. The van der Waals surface area contributed by atoms with Gasteiger partial charge in [0.2, 0.25) is 0 Å². The first-order valence-corrected chi connectivity index (χ1v) is 9.48. The van der Waals surface area contributed by atoms with Gasteiger partial charge in [-0.05, 0) is 31.0 Å². The van der Waals surface area contributed by atoms with Crippen LogP contribution in [-0.4, -0.2) is 30.9 Å². The minimum absolute atomic E-state index is 0.0113. The summed E-state index contributed by atoms with van der Waals surface area (Å²) in [6.07, 6.45) is 1.62. The number of hydrogen-bond acceptors (Lipinski definition) is 5. The molecular formula is C12H13BrN2O2S2. The summed E-state index contributed by atoms with van der Waals surface area (Å²) in [4.78, 5) is 4.50. The third-order valence-electron chi connectivity index (χ3n) is 3.14. The van der Waals surface area contributed by atoms with E-state index in [0.29, 0.717) is 5.75 Å². The van der Waals surface area contributed by atoms with Crippen LogP contribution >= 0.6 is 27.3 Å². The first kappa shape index (κ1) is 13.3. The van der Waals surface area contributed by atoms with Crippen LogP contribution in [0.3, 0.4) is 0 Å². The van der Waals surface area contributed by atoms with E-state index in [9.17, 15) is 8.42 Å². The van der Waals surface area contributed by atoms with E-state index in [-0.39, 0.29) is 11.8 Å². The highest BCUT2D eigenvalue weighted by molar-refractivity contribution is 9.10. The van der Waals surface area contributed by atoms with E-state index in [1.807, 2.05) is 18.2 Å². The van der Waals surface area contributed by atoms with E-state index in [1.54, 1.807) is 11.3 Å². The lowest BCUT2D eigenvalue weighted by atomic mass is 10.2. The Kier molecular flexibility index (Phi) is 3.53. The standard InChI is InChI=1S/C12H13BrN2O2S2/c13-8-3-4-11-10(6-8)15-12(18-11)14-9-2-1-5-19(16,17)7-9/h3-4,6,9H,1-2,5,7H2,(H,14,15). The smallest absolute Gasteiger partial charge is 0.184 e. The van der Waals surface area contributed by atoms with Crippen LogP contribution < -0.4 is 5.32 Å². The molecule has 2 aromatic rings. The Bertz CT molecular complexity index is 712. The zero-order chi connectivity index (χ0) is 13.5. The molecule has 0 radical (unpaired) electrons. The number of sulfone groups is 1. The Balaban J connectivity index is 1.81. The molecule has 1 aliphatic rings. The summed E-state index contributed by atoms with van der Waals surface area (Å²) < 4.78 is 25.3. The summed E-state index contributed by atoms with van der Waals surface area (Å²) in [7, 11) is -2.88. The molecule has 0 spiro atoms. The number of benzene rings is 1. The quantitative estimate of drug-likeness (QED) is 0.893. The minimum atomic E-state index is -2.88. The molecule has 1 aromatic carbocycles. The SMILES string of the molecule is O=S1(=O)CCCC(Nc2nc3cc(Br)ccc3s2)C1. The van der Waals surface area contributed by atoms with Crippen LogP contribution in [0, 0.1) is 0 Å². The number of thiazole rings is 1. The predicted octanol–water partition coefficient (Wildman–Crippen LogP) is 3.05. The number of fused-ring (bicyclic) bond motifs is 1. The van der Waals surface area contributed by atoms with Crippen LogP contribution in [0.4, 0.5) is 5.13 Å². The van der Waals surface area contributed by atoms with Crippen molar-refractivity contribution in [3.05, 3.63) is 22.7 Å². The summed E-state index contributed by atoms with van der Waals surface area (Å²) in [5.41, 5.74) is 0.931. The molecule has 4 nitrogen and oxygen atoms in total. The average Bonchev–Trinajstić information content (AvgIpc) is 2.68. The van der Waals surface area contributed by atoms with Gasteiger partial charge in [-0.1, -0.05) is 27.3 Å². The summed E-state index contributed by atoms with van der Waals surface area (Å²) in [5, 5.41) is 4.06. The molecule has 2 heterocycles. The van der Waals surface area contributed by atoms with Crippen molar-refractivity contribution in [1.82, 2.24) is 4.98 Å². The van der Waals surface area contributed by atoms with E-state index in [4.69, 9.17) is 0 Å². The van der Waals surface area contributed by atoms with Gasteiger partial charge in [0.25, 0.3) is 0 Å². The summed E-state index contributed by atoms with van der Waals surface area (Å²) in [6.45, 7) is 0. The molecule has 3 rings (SSSR count). The molecule has 1 unspecified atom stereocenters. The zero-order valence-electron chi connectivity index (χ0n) is 10.1. The van der Waals surface area contributed by atoms with Gasteiger partial charge in [-0.25, -0.2) is 13.4 Å². The van der Waals surface area contributed by atoms with Crippen LogP contribution in [-0.2, 0) is 9.84 Å². The second kappa shape index (κ2) is 5.03. The fraction of sp³-hybridized carbons (Fsp3) is 0.417. The third kappa shape index (κ3) is 3.09. The average molecular weight is 361 g/mol. The Morgan fingerprint density at radius 1 is 1.42 bits per heavy atom. The van der Waals surface area contributed by atoms with Crippen molar-refractivity contribution in [2.45, 2.75) is 18.9 Å². The summed E-state index contributed by atoms with van der Waals surface area (Å²) >= 11 is 4.98. The highest BCUT2D eigenvalue weighted by atomic mass is 79.9. The van der Waals surface area contributed by atoms with Gasteiger partial charge in [-0.3, -0.25) is 0 Å². The molecule has 1 N–H and O–H groups in total. The molecule has 1 atom stereocenters. The second-order valence-electron chi connectivity index (χ2n) is 4.73. The molecule has 1 aromatic heterocycles. The lowest BCUT2D eigenvalue weighted by molar-refractivity contribution is 0.562. The Hall–Kier alpha value is -0.660. The molecule has 1 aliphatic heterocycles. The lowest BCUT2D eigenvalue weighted by Crippen LogP contribution is -2.34. The Morgan fingerprint density at radius 3 is 3.05 bits per heavy atom. The van der Waals surface area contributed by atoms with Crippen LogP contribution in [0.1, 0.15) is 12.8 Å². The van der Waals surface area contributed by atoms with Crippen molar-refractivity contribution in [3.8, 4) is 0 Å². The normalized spacial score (nSPS) is 22.5. The molecule has 0 bridgehead atoms. The van der Waals surface area contributed by atoms with Gasteiger partial charge in [-0.2, -0.15) is 0 Å². The largest absolute Gasteiger partial charge is 0.358 e. The maximum Gasteiger partial charge on any atom is 0.184 e. The topological polar surface area (TPSA) is 59.1 Å². The Labute approximate surface area is 124 Å². The van der Waals surface area contributed by atoms with E-state index in [0.717, 1.165) is 32.7 Å². The first-order chi connectivity index (χ1) is 9.02. The number of nitrogens with one attached hydrogen (secondary N) is 1. The molecule has 0 saturated carbocycles.